The fourth-order valence-electron chi connectivity index (χ4n) is 5.08. The summed E-state index contributed by atoms with van der Waals surface area (Å²) >= 11 is 0. The molecular weight excluding hydrogens is 552 g/mol. The summed E-state index contributed by atoms with van der Waals surface area (Å²) in [6.07, 6.45) is 0.310. The van der Waals surface area contributed by atoms with Crippen molar-refractivity contribution >= 4 is 46.1 Å². The summed E-state index contributed by atoms with van der Waals surface area (Å²) < 4.78 is 5.13. The summed E-state index contributed by atoms with van der Waals surface area (Å²) in [5.74, 6) is -0.692. The molecule has 1 aliphatic heterocycles. The van der Waals surface area contributed by atoms with Gasteiger partial charge in [0.15, 0.2) is 0 Å². The summed E-state index contributed by atoms with van der Waals surface area (Å²) in [5.41, 5.74) is 6.05. The summed E-state index contributed by atoms with van der Waals surface area (Å²) in [5, 5.41) is 6.37. The molecule has 0 radical (unpaired) electrons. The van der Waals surface area contributed by atoms with Crippen LogP contribution in [0.5, 0.6) is 0 Å². The van der Waals surface area contributed by atoms with E-state index in [0.29, 0.717) is 41.1 Å². The summed E-state index contributed by atoms with van der Waals surface area (Å²) in [6.45, 7) is 3.29. The first kappa shape index (κ1) is 30.3. The second kappa shape index (κ2) is 13.8. The van der Waals surface area contributed by atoms with Crippen molar-refractivity contribution < 1.29 is 19.1 Å². The maximum atomic E-state index is 13.4. The molecule has 0 saturated heterocycles. The maximum absolute atomic E-state index is 13.4. The number of hydrogen-bond donors (Lipinski definition) is 2. The third-order valence-corrected chi connectivity index (χ3v) is 7.31. The van der Waals surface area contributed by atoms with Gasteiger partial charge in [0, 0.05) is 30.0 Å². The number of benzene rings is 4. The molecule has 0 aliphatic carbocycles. The Morgan fingerprint density at radius 1 is 0.818 bits per heavy atom. The first-order valence-corrected chi connectivity index (χ1v) is 14.6. The molecule has 0 spiro atoms. The van der Waals surface area contributed by atoms with Gasteiger partial charge in [0.25, 0.3) is 5.91 Å². The quantitative estimate of drug-likeness (QED) is 0.167. The molecule has 2 amide bonds. The molecule has 0 fully saturated rings. The molecule has 44 heavy (non-hydrogen) atoms. The maximum Gasteiger partial charge on any atom is 0.338 e. The third kappa shape index (κ3) is 7.04. The first-order chi connectivity index (χ1) is 21.3. The Bertz CT molecular complexity index is 1670. The van der Waals surface area contributed by atoms with Crippen LogP contribution >= 0.6 is 0 Å². The van der Waals surface area contributed by atoms with Gasteiger partial charge in [0.1, 0.15) is 0 Å². The van der Waals surface area contributed by atoms with Gasteiger partial charge in [-0.15, -0.1) is 0 Å². The molecule has 8 heteroatoms. The molecule has 8 nitrogen and oxygen atoms in total. The van der Waals surface area contributed by atoms with Crippen LogP contribution in [0.4, 0.5) is 17.1 Å². The smallest absolute Gasteiger partial charge is 0.338 e. The number of fused-ring (bicyclic) bond motifs is 1. The van der Waals surface area contributed by atoms with E-state index in [1.165, 1.54) is 0 Å². The van der Waals surface area contributed by atoms with Crippen molar-refractivity contribution in [3.63, 3.8) is 0 Å². The topological polar surface area (TPSA) is 91.0 Å². The Morgan fingerprint density at radius 3 is 2.16 bits per heavy atom. The number of likely N-dealkylation sites (N-methyl/N-ethyl adjacent to an activating group) is 1. The van der Waals surface area contributed by atoms with Gasteiger partial charge in [-0.3, -0.25) is 9.59 Å². The Morgan fingerprint density at radius 2 is 1.50 bits per heavy atom. The van der Waals surface area contributed by atoms with Crippen molar-refractivity contribution in [1.82, 2.24) is 4.90 Å². The second-order valence-electron chi connectivity index (χ2n) is 10.7. The van der Waals surface area contributed by atoms with Gasteiger partial charge in [0.2, 0.25) is 5.91 Å². The summed E-state index contributed by atoms with van der Waals surface area (Å²) in [4.78, 5) is 42.9. The number of hydrogen-bond acceptors (Lipinski definition) is 6. The van der Waals surface area contributed by atoms with E-state index < -0.39 is 5.97 Å². The number of carbonyl (C=O) groups excluding carboxylic acids is 3. The van der Waals surface area contributed by atoms with Gasteiger partial charge in [-0.1, -0.05) is 66.7 Å². The molecule has 1 aliphatic rings. The van der Waals surface area contributed by atoms with Crippen LogP contribution in [0.15, 0.2) is 103 Å². The minimum atomic E-state index is -0.439. The van der Waals surface area contributed by atoms with Crippen LogP contribution in [0.25, 0.3) is 11.3 Å². The van der Waals surface area contributed by atoms with E-state index in [2.05, 4.69) is 15.5 Å². The first-order valence-electron chi connectivity index (χ1n) is 14.6. The van der Waals surface area contributed by atoms with Gasteiger partial charge >= 0.3 is 5.97 Å². The van der Waals surface area contributed by atoms with E-state index in [4.69, 9.17) is 4.74 Å². The molecule has 0 bridgehead atoms. The molecule has 1 heterocycles. The zero-order valence-electron chi connectivity index (χ0n) is 25.2. The molecule has 4 aromatic rings. The average Bonchev–Trinajstić information content (AvgIpc) is 3.36. The lowest BCUT2D eigenvalue weighted by Gasteiger charge is -2.25. The third-order valence-electron chi connectivity index (χ3n) is 7.31. The van der Waals surface area contributed by atoms with Gasteiger partial charge < -0.3 is 25.2 Å². The second-order valence-corrected chi connectivity index (χ2v) is 10.7. The number of rotatable bonds is 11. The zero-order chi connectivity index (χ0) is 31.1. The lowest BCUT2D eigenvalue weighted by Crippen LogP contribution is -2.37. The van der Waals surface area contributed by atoms with E-state index in [0.717, 1.165) is 29.0 Å². The molecule has 0 unspecified atom stereocenters. The normalized spacial score (nSPS) is 13.2. The predicted octanol–water partition coefficient (Wildman–Crippen LogP) is 5.93. The van der Waals surface area contributed by atoms with Crippen LogP contribution in [-0.4, -0.2) is 56.5 Å². The number of nitrogens with one attached hydrogen (secondary N) is 2. The highest BCUT2D eigenvalue weighted by Gasteiger charge is 2.29. The van der Waals surface area contributed by atoms with E-state index >= 15 is 0 Å². The van der Waals surface area contributed by atoms with Crippen molar-refractivity contribution in [3.05, 3.63) is 125 Å². The van der Waals surface area contributed by atoms with Crippen molar-refractivity contribution in [2.45, 2.75) is 13.3 Å². The number of nitrogens with zero attached hydrogens (tertiary/aromatic N) is 2. The molecule has 0 aromatic heterocycles. The fraction of sp³-hybridized carbons (Fsp3) is 0.194. The fourth-order valence-corrected chi connectivity index (χ4v) is 5.08. The monoisotopic (exact) mass is 588 g/mol. The van der Waals surface area contributed by atoms with Gasteiger partial charge in [-0.05, 0) is 68.5 Å². The molecule has 4 aromatic carbocycles. The average molecular weight is 589 g/mol. The Labute approximate surface area is 258 Å². The number of amides is 2. The van der Waals surface area contributed by atoms with Crippen LogP contribution in [0.1, 0.15) is 34.0 Å². The molecule has 224 valence electrons. The largest absolute Gasteiger partial charge is 0.462 e. The lowest BCUT2D eigenvalue weighted by atomic mass is 9.99. The van der Waals surface area contributed by atoms with Crippen LogP contribution in [-0.2, 0) is 20.7 Å². The number of carbonyl (C=O) groups is 3. The molecular formula is C36H36N4O4. The van der Waals surface area contributed by atoms with E-state index in [1.807, 2.05) is 104 Å². The standard InChI is InChI=1S/C36H36N4O4/c1-4-44-36(43)27-15-20-30-31(24-27)38-35(42)33(30)34(26-13-9-6-10-14-26)37-28-16-18-29(19-17-28)40(22-21-39(2)3)32(41)23-25-11-7-5-8-12-25/h5-20,24,37H,4,21-23H2,1-3H3,(H,38,42). The Balaban J connectivity index is 1.46. The van der Waals surface area contributed by atoms with Gasteiger partial charge in [0.05, 0.1) is 35.5 Å². The van der Waals surface area contributed by atoms with Crippen molar-refractivity contribution in [3.8, 4) is 0 Å². The molecule has 0 saturated carbocycles. The van der Waals surface area contributed by atoms with Crippen molar-refractivity contribution in [1.29, 1.82) is 0 Å². The highest BCUT2D eigenvalue weighted by atomic mass is 16.5. The lowest BCUT2D eigenvalue weighted by molar-refractivity contribution is -0.118. The Kier molecular flexibility index (Phi) is 9.52. The van der Waals surface area contributed by atoms with Gasteiger partial charge in [-0.2, -0.15) is 0 Å². The molecule has 0 atom stereocenters. The summed E-state index contributed by atoms with van der Waals surface area (Å²) in [7, 11) is 3.97. The molecule has 5 rings (SSSR count). The van der Waals surface area contributed by atoms with Crippen molar-refractivity contribution in [2.75, 3.05) is 49.3 Å². The number of esters is 1. The van der Waals surface area contributed by atoms with E-state index in [9.17, 15) is 14.4 Å². The molecule has 2 N–H and O–H groups in total. The number of anilines is 3. The highest BCUT2D eigenvalue weighted by Crippen LogP contribution is 2.38. The van der Waals surface area contributed by atoms with E-state index in [1.54, 1.807) is 25.1 Å². The predicted molar refractivity (Wildman–Crippen MR) is 175 cm³/mol. The number of ether oxygens (including phenoxy) is 1. The minimum Gasteiger partial charge on any atom is -0.462 e. The summed E-state index contributed by atoms with van der Waals surface area (Å²) in [6, 6.07) is 32.1. The minimum absolute atomic E-state index is 0.0206. The van der Waals surface area contributed by atoms with Crippen LogP contribution in [0, 0.1) is 0 Å². The highest BCUT2D eigenvalue weighted by molar-refractivity contribution is 6.37. The Hall–Kier alpha value is -5.21. The van der Waals surface area contributed by atoms with Crippen LogP contribution in [0.3, 0.4) is 0 Å². The van der Waals surface area contributed by atoms with E-state index in [-0.39, 0.29) is 18.4 Å². The van der Waals surface area contributed by atoms with Crippen molar-refractivity contribution in [2.24, 2.45) is 0 Å². The van der Waals surface area contributed by atoms with Crippen LogP contribution < -0.4 is 15.5 Å². The SMILES string of the molecule is CCOC(=O)c1ccc2c(c1)NC(=O)C2=C(Nc1ccc(N(CCN(C)C)C(=O)Cc2ccccc2)cc1)c1ccccc1. The van der Waals surface area contributed by atoms with Crippen LogP contribution in [0.2, 0.25) is 0 Å². The van der Waals surface area contributed by atoms with Gasteiger partial charge in [-0.25, -0.2) is 4.79 Å². The zero-order valence-corrected chi connectivity index (χ0v) is 25.2.